The van der Waals surface area contributed by atoms with Crippen molar-refractivity contribution < 1.29 is 24.6 Å². The first-order valence-electron chi connectivity index (χ1n) is 9.98. The maximum Gasteiger partial charge on any atom is 0.337 e. The Kier molecular flexibility index (Phi) is 6.89. The Bertz CT molecular complexity index is 1480. The van der Waals surface area contributed by atoms with Gasteiger partial charge in [0.15, 0.2) is 0 Å². The van der Waals surface area contributed by atoms with Gasteiger partial charge in [-0.1, -0.05) is 18.2 Å². The van der Waals surface area contributed by atoms with Crippen LogP contribution in [0.3, 0.4) is 0 Å². The largest absolute Gasteiger partial charge is 0.507 e. The number of aromatic hydroxyl groups is 1. The molecule has 0 aliphatic carbocycles. The molecule has 0 saturated heterocycles. The molecule has 0 bridgehead atoms. The third kappa shape index (κ3) is 5.13. The van der Waals surface area contributed by atoms with E-state index < -0.39 is 23.3 Å². The lowest BCUT2D eigenvalue weighted by atomic mass is 9.94. The molecular formula is C25H17N5O5. The van der Waals surface area contributed by atoms with Gasteiger partial charge in [0.25, 0.3) is 5.91 Å². The number of amides is 2. The number of rotatable bonds is 6. The minimum absolute atomic E-state index is 0.0394. The Hall–Kier alpha value is -5.48. The van der Waals surface area contributed by atoms with Crippen LogP contribution in [-0.4, -0.2) is 33.7 Å². The summed E-state index contributed by atoms with van der Waals surface area (Å²) in [6, 6.07) is 16.3. The smallest absolute Gasteiger partial charge is 0.337 e. The molecule has 3 aromatic rings. The number of carbonyl (C=O) groups excluding carboxylic acids is 2. The van der Waals surface area contributed by atoms with Crippen LogP contribution in [0.4, 0.5) is 11.4 Å². The van der Waals surface area contributed by atoms with E-state index in [0.717, 1.165) is 12.1 Å². The van der Waals surface area contributed by atoms with E-state index in [1.165, 1.54) is 25.1 Å². The summed E-state index contributed by atoms with van der Waals surface area (Å²) in [5.74, 6) is -3.28. The predicted molar refractivity (Wildman–Crippen MR) is 126 cm³/mol. The summed E-state index contributed by atoms with van der Waals surface area (Å²) in [6.45, 7) is 1.32. The van der Waals surface area contributed by atoms with Crippen LogP contribution < -0.4 is 10.6 Å². The first-order chi connectivity index (χ1) is 16.7. The molecule has 10 heteroatoms. The lowest BCUT2D eigenvalue weighted by molar-refractivity contribution is -0.114. The molecule has 0 spiro atoms. The molecule has 0 aromatic heterocycles. The fraction of sp³-hybridized carbons (Fsp3) is 0.0400. The highest BCUT2D eigenvalue weighted by molar-refractivity contribution is 6.48. The maximum absolute atomic E-state index is 12.8. The Morgan fingerprint density at radius 3 is 2.23 bits per heavy atom. The minimum atomic E-state index is -1.39. The molecule has 35 heavy (non-hydrogen) atoms. The first-order valence-corrected chi connectivity index (χ1v) is 9.98. The number of nitrogens with zero attached hydrogens (tertiary/aromatic N) is 2. The van der Waals surface area contributed by atoms with Crippen LogP contribution in [-0.2, 0) is 9.59 Å². The molecule has 172 valence electrons. The van der Waals surface area contributed by atoms with Gasteiger partial charge in [-0.05, 0) is 36.4 Å². The summed E-state index contributed by atoms with van der Waals surface area (Å²) in [4.78, 5) is 35.9. The topological polar surface area (TPSA) is 187 Å². The summed E-state index contributed by atoms with van der Waals surface area (Å²) in [5.41, 5.74) is -0.242. The zero-order valence-corrected chi connectivity index (χ0v) is 18.2. The highest BCUT2D eigenvalue weighted by atomic mass is 16.4. The van der Waals surface area contributed by atoms with E-state index in [1.807, 2.05) is 6.07 Å². The van der Waals surface area contributed by atoms with Gasteiger partial charge in [0, 0.05) is 29.3 Å². The molecule has 0 heterocycles. The van der Waals surface area contributed by atoms with Crippen molar-refractivity contribution in [2.24, 2.45) is 0 Å². The van der Waals surface area contributed by atoms with E-state index >= 15 is 0 Å². The van der Waals surface area contributed by atoms with Crippen molar-refractivity contribution in [3.8, 4) is 29.0 Å². The van der Waals surface area contributed by atoms with Crippen LogP contribution >= 0.6 is 0 Å². The molecule has 3 rings (SSSR count). The maximum atomic E-state index is 12.8. The number of aromatic carboxylic acids is 1. The Morgan fingerprint density at radius 2 is 1.60 bits per heavy atom. The van der Waals surface area contributed by atoms with Crippen LogP contribution in [0.5, 0.6) is 5.75 Å². The van der Waals surface area contributed by atoms with Gasteiger partial charge in [0.1, 0.15) is 11.5 Å². The summed E-state index contributed by atoms with van der Waals surface area (Å²) in [7, 11) is 0. The zero-order chi connectivity index (χ0) is 25.7. The second-order valence-electron chi connectivity index (χ2n) is 7.26. The fourth-order valence-electron chi connectivity index (χ4n) is 3.33. The number of benzene rings is 3. The molecule has 10 nitrogen and oxygen atoms in total. The lowest BCUT2D eigenvalue weighted by Gasteiger charge is -2.15. The number of hydrogen-bond donors (Lipinski definition) is 5. The molecule has 0 aliphatic rings. The second-order valence-corrected chi connectivity index (χ2v) is 7.26. The van der Waals surface area contributed by atoms with Crippen molar-refractivity contribution in [3.05, 3.63) is 76.9 Å². The van der Waals surface area contributed by atoms with Crippen molar-refractivity contribution in [3.63, 3.8) is 0 Å². The normalized spacial score (nSPS) is 9.91. The second kappa shape index (κ2) is 9.98. The fourth-order valence-corrected chi connectivity index (χ4v) is 3.33. The van der Waals surface area contributed by atoms with Gasteiger partial charge in [-0.15, -0.1) is 0 Å². The van der Waals surface area contributed by atoms with Crippen LogP contribution in [0.1, 0.15) is 34.0 Å². The third-order valence-electron chi connectivity index (χ3n) is 4.91. The number of carbonyl (C=O) groups is 3. The third-order valence-corrected chi connectivity index (χ3v) is 4.91. The van der Waals surface area contributed by atoms with Crippen LogP contribution in [0, 0.1) is 28.1 Å². The quantitative estimate of drug-likeness (QED) is 0.343. The number of nitriles is 2. The summed E-state index contributed by atoms with van der Waals surface area (Å²) in [5, 5.41) is 51.6. The van der Waals surface area contributed by atoms with Gasteiger partial charge in [-0.2, -0.15) is 10.5 Å². The van der Waals surface area contributed by atoms with Crippen molar-refractivity contribution in [1.82, 2.24) is 0 Å². The lowest BCUT2D eigenvalue weighted by Crippen LogP contribution is -2.24. The number of phenols is 1. The molecule has 0 unspecified atom stereocenters. The van der Waals surface area contributed by atoms with E-state index in [9.17, 15) is 29.9 Å². The average molecular weight is 467 g/mol. The number of carboxylic acid groups (broad SMARTS) is 1. The molecule has 0 aliphatic heterocycles. The molecular weight excluding hydrogens is 450 g/mol. The van der Waals surface area contributed by atoms with Gasteiger partial charge >= 0.3 is 5.97 Å². The Labute approximate surface area is 199 Å². The number of para-hydroxylation sites is 1. The van der Waals surface area contributed by atoms with Crippen LogP contribution in [0.15, 0.2) is 54.6 Å². The molecule has 0 atom stereocenters. The Balaban J connectivity index is 2.04. The van der Waals surface area contributed by atoms with Crippen molar-refractivity contribution in [2.75, 3.05) is 10.6 Å². The summed E-state index contributed by atoms with van der Waals surface area (Å²) < 4.78 is 0. The number of carboxylic acids is 1. The molecule has 3 aromatic carbocycles. The zero-order valence-electron chi connectivity index (χ0n) is 18.2. The molecule has 0 fully saturated rings. The van der Waals surface area contributed by atoms with E-state index in [0.29, 0.717) is 11.3 Å². The van der Waals surface area contributed by atoms with Gasteiger partial charge in [0.2, 0.25) is 5.91 Å². The van der Waals surface area contributed by atoms with Crippen LogP contribution in [0.2, 0.25) is 0 Å². The van der Waals surface area contributed by atoms with Crippen LogP contribution in [0.25, 0.3) is 11.1 Å². The van der Waals surface area contributed by atoms with Crippen molar-refractivity contribution in [2.45, 2.75) is 6.92 Å². The summed E-state index contributed by atoms with van der Waals surface area (Å²) >= 11 is 0. The minimum Gasteiger partial charge on any atom is -0.507 e. The summed E-state index contributed by atoms with van der Waals surface area (Å²) in [6.07, 6.45) is 0. The van der Waals surface area contributed by atoms with E-state index in [1.54, 1.807) is 30.3 Å². The Morgan fingerprint density at radius 1 is 0.886 bits per heavy atom. The van der Waals surface area contributed by atoms with E-state index in [2.05, 4.69) is 10.6 Å². The SMILES string of the molecule is CC(=O)Nc1ccccc1-c1cc(C(=N)C(=O)Nc2ccc(C#N)cc2C(=O)O)c(O)cc1C#N. The van der Waals surface area contributed by atoms with E-state index in [-0.39, 0.29) is 39.4 Å². The highest BCUT2D eigenvalue weighted by Crippen LogP contribution is 2.35. The number of nitrogens with one attached hydrogen (secondary N) is 3. The highest BCUT2D eigenvalue weighted by Gasteiger charge is 2.22. The van der Waals surface area contributed by atoms with Gasteiger partial charge in [-0.25, -0.2) is 4.79 Å². The number of hydrogen-bond acceptors (Lipinski definition) is 7. The van der Waals surface area contributed by atoms with Crippen molar-refractivity contribution in [1.29, 1.82) is 15.9 Å². The first kappa shape index (κ1) is 24.2. The predicted octanol–water partition coefficient (Wildman–Crippen LogP) is 3.47. The molecule has 0 radical (unpaired) electrons. The van der Waals surface area contributed by atoms with Gasteiger partial charge in [0.05, 0.1) is 34.5 Å². The molecule has 5 N–H and O–H groups in total. The monoisotopic (exact) mass is 467 g/mol. The van der Waals surface area contributed by atoms with E-state index in [4.69, 9.17) is 10.7 Å². The molecule has 2 amide bonds. The van der Waals surface area contributed by atoms with Gasteiger partial charge < -0.3 is 20.8 Å². The average Bonchev–Trinajstić information content (AvgIpc) is 2.83. The van der Waals surface area contributed by atoms with Crippen molar-refractivity contribution >= 4 is 34.9 Å². The number of phenolic OH excluding ortho intramolecular Hbond substituents is 1. The standard InChI is InChI=1S/C25H17N5O5/c1-13(31)29-20-5-3-2-4-16(20)17-10-19(22(32)9-15(17)12-27)23(28)24(33)30-21-7-6-14(11-26)8-18(21)25(34)35/h2-10,28,32H,1H3,(H,29,31)(H,30,33)(H,34,35). The van der Waals surface area contributed by atoms with Gasteiger partial charge in [-0.3, -0.25) is 15.0 Å². The number of anilines is 2. The molecule has 0 saturated carbocycles.